The van der Waals surface area contributed by atoms with Crippen LogP contribution in [0.5, 0.6) is 5.75 Å². The van der Waals surface area contributed by atoms with Gasteiger partial charge in [-0.1, -0.05) is 23.4 Å². The highest BCUT2D eigenvalue weighted by Crippen LogP contribution is 2.09. The van der Waals surface area contributed by atoms with Gasteiger partial charge in [0.1, 0.15) is 18.1 Å². The number of carbonyl (C=O) groups is 2. The molecular weight excluding hydrogens is 376 g/mol. The van der Waals surface area contributed by atoms with Gasteiger partial charge in [-0.25, -0.2) is 0 Å². The number of nitrogens with one attached hydrogen (secondary N) is 1. The van der Waals surface area contributed by atoms with Crippen molar-refractivity contribution >= 4 is 17.6 Å². The third kappa shape index (κ3) is 6.88. The minimum atomic E-state index is -0.340. The van der Waals surface area contributed by atoms with Gasteiger partial charge < -0.3 is 24.2 Å². The van der Waals surface area contributed by atoms with Crippen LogP contribution in [0.1, 0.15) is 5.76 Å². The summed E-state index contributed by atoms with van der Waals surface area (Å²) in [5, 5.41) is 6.39. The van der Waals surface area contributed by atoms with E-state index >= 15 is 0 Å². The van der Waals surface area contributed by atoms with Crippen molar-refractivity contribution in [3.63, 3.8) is 0 Å². The molecule has 3 rings (SSSR count). The molecule has 2 amide bonds. The molecule has 2 heterocycles. The van der Waals surface area contributed by atoms with Crippen molar-refractivity contribution in [2.24, 2.45) is 0 Å². The third-order valence-electron chi connectivity index (χ3n) is 4.48. The zero-order valence-corrected chi connectivity index (χ0v) is 16.5. The van der Waals surface area contributed by atoms with Crippen molar-refractivity contribution in [1.82, 2.24) is 15.0 Å². The Morgan fingerprint density at radius 3 is 2.69 bits per heavy atom. The van der Waals surface area contributed by atoms with Crippen LogP contribution >= 0.6 is 0 Å². The van der Waals surface area contributed by atoms with Crippen LogP contribution in [0.25, 0.3) is 0 Å². The number of carbonyl (C=O) groups excluding carboxylic acids is 2. The van der Waals surface area contributed by atoms with Crippen molar-refractivity contribution in [2.75, 3.05) is 57.9 Å². The molecule has 0 atom stereocenters. The summed E-state index contributed by atoms with van der Waals surface area (Å²) < 4.78 is 15.9. The highest BCUT2D eigenvalue weighted by Gasteiger charge is 2.20. The quantitative estimate of drug-likeness (QED) is 0.672. The molecule has 29 heavy (non-hydrogen) atoms. The number of nitrogens with zero attached hydrogens (tertiary/aromatic N) is 3. The number of amides is 2. The number of rotatable bonds is 9. The molecule has 1 aromatic heterocycles. The number of anilines is 1. The van der Waals surface area contributed by atoms with Crippen molar-refractivity contribution in [3.8, 4) is 5.75 Å². The van der Waals surface area contributed by atoms with Crippen molar-refractivity contribution in [1.29, 1.82) is 0 Å². The van der Waals surface area contributed by atoms with E-state index in [1.807, 2.05) is 18.2 Å². The summed E-state index contributed by atoms with van der Waals surface area (Å²) in [5.41, 5.74) is 0. The average Bonchev–Trinajstić information content (AvgIpc) is 3.15. The van der Waals surface area contributed by atoms with E-state index in [-0.39, 0.29) is 25.0 Å². The Morgan fingerprint density at radius 2 is 2.00 bits per heavy atom. The van der Waals surface area contributed by atoms with Crippen LogP contribution < -0.4 is 10.1 Å². The smallest absolute Gasteiger partial charge is 0.261 e. The molecule has 156 valence electrons. The van der Waals surface area contributed by atoms with Crippen molar-refractivity contribution in [2.45, 2.75) is 6.92 Å². The minimum absolute atomic E-state index is 0.0900. The molecule has 1 aliphatic heterocycles. The van der Waals surface area contributed by atoms with Gasteiger partial charge in [-0.05, 0) is 19.1 Å². The van der Waals surface area contributed by atoms with Crippen LogP contribution in [0.4, 0.5) is 5.82 Å². The number of hydrogen-bond acceptors (Lipinski definition) is 7. The van der Waals surface area contributed by atoms with Crippen molar-refractivity contribution < 1.29 is 23.6 Å². The Labute approximate surface area is 169 Å². The standard InChI is InChI=1S/C20H26N4O5/c1-16-13-18(22-29-16)21-19(25)14-24(8-7-23-9-11-27-12-10-23)20(26)15-28-17-5-3-2-4-6-17/h2-6,13H,7-12,14-15H2,1H3,(H,21,22,25). The molecule has 0 bridgehead atoms. The van der Waals surface area contributed by atoms with E-state index in [1.165, 1.54) is 4.90 Å². The molecule has 1 aliphatic rings. The first kappa shape index (κ1) is 20.8. The van der Waals surface area contributed by atoms with E-state index in [0.29, 0.717) is 43.6 Å². The van der Waals surface area contributed by atoms with Crippen LogP contribution in [0, 0.1) is 6.92 Å². The summed E-state index contributed by atoms with van der Waals surface area (Å²) >= 11 is 0. The lowest BCUT2D eigenvalue weighted by molar-refractivity contribution is -0.136. The number of morpholine rings is 1. The predicted octanol–water partition coefficient (Wildman–Crippen LogP) is 1.16. The number of benzene rings is 1. The van der Waals surface area contributed by atoms with E-state index in [0.717, 1.165) is 13.1 Å². The molecule has 1 aromatic carbocycles. The van der Waals surface area contributed by atoms with Crippen LogP contribution in [0.2, 0.25) is 0 Å². The van der Waals surface area contributed by atoms with Gasteiger partial charge in [0, 0.05) is 32.2 Å². The molecule has 1 N–H and O–H groups in total. The first-order valence-electron chi connectivity index (χ1n) is 9.59. The van der Waals surface area contributed by atoms with Crippen LogP contribution in [-0.2, 0) is 14.3 Å². The predicted molar refractivity (Wildman–Crippen MR) is 106 cm³/mol. The summed E-state index contributed by atoms with van der Waals surface area (Å²) in [6.07, 6.45) is 0. The second-order valence-corrected chi connectivity index (χ2v) is 6.74. The molecule has 0 spiro atoms. The fourth-order valence-corrected chi connectivity index (χ4v) is 2.91. The maximum absolute atomic E-state index is 12.7. The Bertz CT molecular complexity index is 789. The molecule has 1 fully saturated rings. The lowest BCUT2D eigenvalue weighted by Gasteiger charge is -2.29. The van der Waals surface area contributed by atoms with Gasteiger partial charge in [-0.2, -0.15) is 0 Å². The summed E-state index contributed by atoms with van der Waals surface area (Å²) in [7, 11) is 0. The lowest BCUT2D eigenvalue weighted by atomic mass is 10.3. The average molecular weight is 402 g/mol. The zero-order valence-electron chi connectivity index (χ0n) is 16.5. The Morgan fingerprint density at radius 1 is 1.24 bits per heavy atom. The van der Waals surface area contributed by atoms with Gasteiger partial charge in [0.25, 0.3) is 5.91 Å². The Balaban J connectivity index is 1.56. The first-order chi connectivity index (χ1) is 14.1. The first-order valence-corrected chi connectivity index (χ1v) is 9.59. The van der Waals surface area contributed by atoms with Crippen LogP contribution in [0.15, 0.2) is 40.9 Å². The second kappa shape index (κ2) is 10.6. The molecule has 0 unspecified atom stereocenters. The lowest BCUT2D eigenvalue weighted by Crippen LogP contribution is -2.46. The second-order valence-electron chi connectivity index (χ2n) is 6.74. The molecule has 0 saturated carbocycles. The summed E-state index contributed by atoms with van der Waals surface area (Å²) in [6, 6.07) is 10.7. The van der Waals surface area contributed by atoms with E-state index in [1.54, 1.807) is 25.1 Å². The zero-order chi connectivity index (χ0) is 20.5. The topological polar surface area (TPSA) is 97.1 Å². The summed E-state index contributed by atoms with van der Waals surface area (Å²) in [4.78, 5) is 28.8. The monoisotopic (exact) mass is 402 g/mol. The maximum atomic E-state index is 12.7. The third-order valence-corrected chi connectivity index (χ3v) is 4.48. The normalized spacial score (nSPS) is 14.4. The molecule has 2 aromatic rings. The van der Waals surface area contributed by atoms with E-state index in [9.17, 15) is 9.59 Å². The Hall–Kier alpha value is -2.91. The molecule has 0 radical (unpaired) electrons. The van der Waals surface area contributed by atoms with E-state index < -0.39 is 0 Å². The maximum Gasteiger partial charge on any atom is 0.261 e. The van der Waals surface area contributed by atoms with Crippen molar-refractivity contribution in [3.05, 3.63) is 42.2 Å². The molecule has 9 heteroatoms. The largest absolute Gasteiger partial charge is 0.484 e. The Kier molecular flexibility index (Phi) is 7.60. The number of aromatic nitrogens is 1. The highest BCUT2D eigenvalue weighted by molar-refractivity contribution is 5.94. The van der Waals surface area contributed by atoms with Gasteiger partial charge >= 0.3 is 0 Å². The minimum Gasteiger partial charge on any atom is -0.484 e. The van der Waals surface area contributed by atoms with Gasteiger partial charge in [0.2, 0.25) is 5.91 Å². The number of aryl methyl sites for hydroxylation is 1. The molecule has 1 saturated heterocycles. The number of hydrogen-bond donors (Lipinski definition) is 1. The number of ether oxygens (including phenoxy) is 2. The van der Waals surface area contributed by atoms with Gasteiger partial charge in [-0.3, -0.25) is 14.5 Å². The fourth-order valence-electron chi connectivity index (χ4n) is 2.91. The fraction of sp³-hybridized carbons (Fsp3) is 0.450. The summed E-state index contributed by atoms with van der Waals surface area (Å²) in [6.45, 7) is 5.57. The number of para-hydroxylation sites is 1. The highest BCUT2D eigenvalue weighted by atomic mass is 16.5. The SMILES string of the molecule is Cc1cc(NC(=O)CN(CCN2CCOCC2)C(=O)COc2ccccc2)no1. The molecular formula is C20H26N4O5. The van der Waals surface area contributed by atoms with Gasteiger partial charge in [0.15, 0.2) is 12.4 Å². The van der Waals surface area contributed by atoms with Crippen LogP contribution in [-0.4, -0.2) is 79.3 Å². The van der Waals surface area contributed by atoms with Gasteiger partial charge in [0.05, 0.1) is 13.2 Å². The molecule has 9 nitrogen and oxygen atoms in total. The van der Waals surface area contributed by atoms with E-state index in [2.05, 4.69) is 15.4 Å². The summed E-state index contributed by atoms with van der Waals surface area (Å²) in [5.74, 6) is 0.934. The van der Waals surface area contributed by atoms with E-state index in [4.69, 9.17) is 14.0 Å². The van der Waals surface area contributed by atoms with Gasteiger partial charge in [-0.15, -0.1) is 0 Å². The van der Waals surface area contributed by atoms with Crippen LogP contribution in [0.3, 0.4) is 0 Å². The molecule has 0 aliphatic carbocycles.